The van der Waals surface area contributed by atoms with Gasteiger partial charge in [0.05, 0.1) is 11.1 Å². The lowest BCUT2D eigenvalue weighted by atomic mass is 9.64. The topological polar surface area (TPSA) is 61.7 Å². The molecule has 0 heterocycles. The van der Waals surface area contributed by atoms with Crippen LogP contribution in [0.3, 0.4) is 0 Å². The number of rotatable bonds is 3. The zero-order valence-corrected chi connectivity index (χ0v) is 14.4. The van der Waals surface area contributed by atoms with Gasteiger partial charge in [0.2, 0.25) is 5.91 Å². The van der Waals surface area contributed by atoms with Crippen molar-refractivity contribution in [2.24, 2.45) is 21.4 Å². The third-order valence-corrected chi connectivity index (χ3v) is 6.94. The Morgan fingerprint density at radius 3 is 2.57 bits per heavy atom. The van der Waals surface area contributed by atoms with E-state index in [-0.39, 0.29) is 16.7 Å². The van der Waals surface area contributed by atoms with Crippen LogP contribution in [0.2, 0.25) is 0 Å². The summed E-state index contributed by atoms with van der Waals surface area (Å²) in [5, 5.41) is 16.1. The van der Waals surface area contributed by atoms with Crippen LogP contribution < -0.4 is 5.32 Å². The van der Waals surface area contributed by atoms with Crippen LogP contribution in [-0.4, -0.2) is 16.8 Å². The zero-order valence-electron chi connectivity index (χ0n) is 14.4. The molecule has 0 radical (unpaired) electrons. The predicted molar refractivity (Wildman–Crippen MR) is 91.8 cm³/mol. The van der Waals surface area contributed by atoms with Gasteiger partial charge in [-0.15, -0.1) is 0 Å². The van der Waals surface area contributed by atoms with Crippen LogP contribution >= 0.6 is 0 Å². The van der Waals surface area contributed by atoms with E-state index in [0.717, 1.165) is 36.2 Å². The normalized spacial score (nSPS) is 33.1. The molecule has 2 aliphatic carbocycles. The highest BCUT2D eigenvalue weighted by Gasteiger charge is 2.71. The van der Waals surface area contributed by atoms with Gasteiger partial charge in [-0.2, -0.15) is 0 Å². The monoisotopic (exact) mass is 314 g/mol. The Kier molecular flexibility index (Phi) is 3.54. The van der Waals surface area contributed by atoms with Gasteiger partial charge in [-0.25, -0.2) is 0 Å². The van der Waals surface area contributed by atoms with Gasteiger partial charge in [0, 0.05) is 17.5 Å². The molecule has 2 unspecified atom stereocenters. The minimum atomic E-state index is -0.496. The molecule has 3 rings (SSSR count). The summed E-state index contributed by atoms with van der Waals surface area (Å²) in [5.41, 5.74) is 1.88. The first-order chi connectivity index (χ1) is 10.8. The second kappa shape index (κ2) is 5.08. The van der Waals surface area contributed by atoms with E-state index in [1.54, 1.807) is 0 Å². The van der Waals surface area contributed by atoms with Crippen molar-refractivity contribution in [2.45, 2.75) is 53.4 Å². The quantitative estimate of drug-likeness (QED) is 0.647. The Morgan fingerprint density at radius 1 is 1.26 bits per heavy atom. The largest absolute Gasteiger partial charge is 0.411 e. The van der Waals surface area contributed by atoms with Crippen molar-refractivity contribution in [2.75, 3.05) is 5.32 Å². The first kappa shape index (κ1) is 16.0. The Labute approximate surface area is 138 Å². The van der Waals surface area contributed by atoms with Crippen molar-refractivity contribution in [1.29, 1.82) is 0 Å². The fourth-order valence-electron chi connectivity index (χ4n) is 4.73. The molecular weight excluding hydrogens is 288 g/mol. The highest BCUT2D eigenvalue weighted by molar-refractivity contribution is 6.06. The summed E-state index contributed by atoms with van der Waals surface area (Å²) in [6, 6.07) is 7.96. The second-order valence-electron chi connectivity index (χ2n) is 7.73. The van der Waals surface area contributed by atoms with Gasteiger partial charge in [0.15, 0.2) is 0 Å². The SMILES string of the molecule is CCc1ccccc1NC(=O)C12CCC(C)(/C(=N/O)C1)C2(C)C. The van der Waals surface area contributed by atoms with Gasteiger partial charge in [-0.1, -0.05) is 51.0 Å². The van der Waals surface area contributed by atoms with Crippen molar-refractivity contribution < 1.29 is 10.0 Å². The molecule has 0 saturated heterocycles. The number of carbonyl (C=O) groups is 1. The molecule has 2 N–H and O–H groups in total. The number of hydrogen-bond donors (Lipinski definition) is 2. The van der Waals surface area contributed by atoms with E-state index >= 15 is 0 Å². The molecule has 2 fully saturated rings. The second-order valence-corrected chi connectivity index (χ2v) is 7.73. The molecule has 2 saturated carbocycles. The third-order valence-electron chi connectivity index (χ3n) is 6.94. The molecule has 0 spiro atoms. The summed E-state index contributed by atoms with van der Waals surface area (Å²) in [5.74, 6) is 0.0609. The maximum atomic E-state index is 13.2. The average Bonchev–Trinajstić information content (AvgIpc) is 2.85. The predicted octanol–water partition coefficient (Wildman–Crippen LogP) is 4.23. The number of para-hydroxylation sites is 1. The van der Waals surface area contributed by atoms with E-state index in [4.69, 9.17) is 0 Å². The Morgan fingerprint density at radius 2 is 1.96 bits per heavy atom. The number of benzene rings is 1. The van der Waals surface area contributed by atoms with Crippen LogP contribution in [0.5, 0.6) is 0 Å². The summed E-state index contributed by atoms with van der Waals surface area (Å²) >= 11 is 0. The molecule has 1 amide bonds. The average molecular weight is 314 g/mol. The first-order valence-corrected chi connectivity index (χ1v) is 8.43. The Balaban J connectivity index is 1.97. The minimum Gasteiger partial charge on any atom is -0.411 e. The number of aryl methyl sites for hydroxylation is 1. The first-order valence-electron chi connectivity index (χ1n) is 8.43. The molecule has 23 heavy (non-hydrogen) atoms. The number of hydrogen-bond acceptors (Lipinski definition) is 3. The number of oxime groups is 1. The van der Waals surface area contributed by atoms with Crippen LogP contribution in [0, 0.1) is 16.2 Å². The van der Waals surface area contributed by atoms with E-state index in [9.17, 15) is 10.0 Å². The lowest BCUT2D eigenvalue weighted by molar-refractivity contribution is -0.130. The van der Waals surface area contributed by atoms with Crippen molar-refractivity contribution in [3.8, 4) is 0 Å². The highest BCUT2D eigenvalue weighted by Crippen LogP contribution is 2.71. The molecule has 1 aromatic carbocycles. The Bertz CT molecular complexity index is 680. The number of nitrogens with one attached hydrogen (secondary N) is 1. The van der Waals surface area contributed by atoms with Gasteiger partial charge < -0.3 is 10.5 Å². The molecule has 0 aliphatic heterocycles. The van der Waals surface area contributed by atoms with E-state index in [1.165, 1.54) is 0 Å². The lowest BCUT2D eigenvalue weighted by Crippen LogP contribution is -2.43. The van der Waals surface area contributed by atoms with E-state index in [0.29, 0.717) is 6.42 Å². The maximum Gasteiger partial charge on any atom is 0.231 e. The van der Waals surface area contributed by atoms with Gasteiger partial charge >= 0.3 is 0 Å². The van der Waals surface area contributed by atoms with Crippen LogP contribution in [0.25, 0.3) is 0 Å². The lowest BCUT2D eigenvalue weighted by Gasteiger charge is -2.39. The number of carbonyl (C=O) groups excluding carboxylic acids is 1. The van der Waals surface area contributed by atoms with E-state index in [2.05, 4.69) is 38.2 Å². The number of nitrogens with zero attached hydrogens (tertiary/aromatic N) is 1. The minimum absolute atomic E-state index is 0.0609. The third kappa shape index (κ3) is 1.90. The van der Waals surface area contributed by atoms with Crippen LogP contribution in [0.15, 0.2) is 29.4 Å². The number of fused-ring (bicyclic) bond motifs is 2. The summed E-state index contributed by atoms with van der Waals surface area (Å²) in [7, 11) is 0. The van der Waals surface area contributed by atoms with E-state index in [1.807, 2.05) is 24.3 Å². The molecule has 2 bridgehead atoms. The van der Waals surface area contributed by atoms with Crippen molar-refractivity contribution in [3.63, 3.8) is 0 Å². The zero-order chi connectivity index (χ0) is 16.9. The van der Waals surface area contributed by atoms with Crippen LogP contribution in [0.4, 0.5) is 5.69 Å². The van der Waals surface area contributed by atoms with Crippen molar-refractivity contribution >= 4 is 17.3 Å². The van der Waals surface area contributed by atoms with E-state index < -0.39 is 5.41 Å². The van der Waals surface area contributed by atoms with Crippen molar-refractivity contribution in [3.05, 3.63) is 29.8 Å². The fraction of sp³-hybridized carbons (Fsp3) is 0.579. The molecule has 2 aliphatic rings. The Hall–Kier alpha value is -1.84. The highest BCUT2D eigenvalue weighted by atomic mass is 16.4. The smallest absolute Gasteiger partial charge is 0.231 e. The molecule has 2 atom stereocenters. The van der Waals surface area contributed by atoms with Gasteiger partial charge in [0.1, 0.15) is 0 Å². The van der Waals surface area contributed by atoms with Crippen LogP contribution in [-0.2, 0) is 11.2 Å². The maximum absolute atomic E-state index is 13.2. The molecule has 4 heteroatoms. The number of amides is 1. The van der Waals surface area contributed by atoms with Crippen molar-refractivity contribution in [1.82, 2.24) is 0 Å². The molecule has 1 aromatic rings. The summed E-state index contributed by atoms with van der Waals surface area (Å²) in [6.45, 7) is 8.50. The number of anilines is 1. The van der Waals surface area contributed by atoms with Gasteiger partial charge in [-0.3, -0.25) is 4.79 Å². The molecular formula is C19H26N2O2. The molecule has 4 nitrogen and oxygen atoms in total. The van der Waals surface area contributed by atoms with Gasteiger partial charge in [-0.05, 0) is 36.3 Å². The standard InChI is InChI=1S/C19H26N2O2/c1-5-13-8-6-7-9-14(13)20-16(22)19-11-10-18(4,17(19,2)3)15(12-19)21-23/h6-9,23H,5,10-12H2,1-4H3,(H,20,22)/b21-15+. The molecule has 0 aromatic heterocycles. The summed E-state index contributed by atoms with van der Waals surface area (Å²) < 4.78 is 0. The van der Waals surface area contributed by atoms with Gasteiger partial charge in [0.25, 0.3) is 0 Å². The molecule has 124 valence electrons. The fourth-order valence-corrected chi connectivity index (χ4v) is 4.73. The summed E-state index contributed by atoms with van der Waals surface area (Å²) in [4.78, 5) is 13.2. The summed E-state index contributed by atoms with van der Waals surface area (Å²) in [6.07, 6.45) is 3.17. The van der Waals surface area contributed by atoms with Crippen LogP contribution in [0.1, 0.15) is 52.5 Å².